The fourth-order valence-electron chi connectivity index (χ4n) is 3.60. The predicted molar refractivity (Wildman–Crippen MR) is 99.0 cm³/mol. The van der Waals surface area contributed by atoms with Gasteiger partial charge in [0.2, 0.25) is 0 Å². The van der Waals surface area contributed by atoms with Crippen LogP contribution in [0.25, 0.3) is 10.2 Å². The van der Waals surface area contributed by atoms with Crippen LogP contribution in [0.15, 0.2) is 24.3 Å². The lowest BCUT2D eigenvalue weighted by Crippen LogP contribution is -2.35. The minimum atomic E-state index is -0.0353. The van der Waals surface area contributed by atoms with Crippen LogP contribution in [0.3, 0.4) is 0 Å². The van der Waals surface area contributed by atoms with Gasteiger partial charge < -0.3 is 14.8 Å². The molecule has 25 heavy (non-hydrogen) atoms. The van der Waals surface area contributed by atoms with Gasteiger partial charge in [0.15, 0.2) is 11.5 Å². The van der Waals surface area contributed by atoms with Crippen molar-refractivity contribution in [3.05, 3.63) is 40.5 Å². The van der Waals surface area contributed by atoms with Gasteiger partial charge in [-0.2, -0.15) is 0 Å². The molecule has 0 saturated carbocycles. The first-order valence-corrected chi connectivity index (χ1v) is 9.51. The first kappa shape index (κ1) is 15.0. The van der Waals surface area contributed by atoms with Crippen molar-refractivity contribution in [1.29, 1.82) is 0 Å². The third-order valence-electron chi connectivity index (χ3n) is 4.74. The lowest BCUT2D eigenvalue weighted by Gasteiger charge is -2.26. The lowest BCUT2D eigenvalue weighted by atomic mass is 10.2. The van der Waals surface area contributed by atoms with Gasteiger partial charge in [0.05, 0.1) is 11.9 Å². The first-order valence-electron chi connectivity index (χ1n) is 8.69. The molecule has 1 N–H and O–H groups in total. The zero-order valence-corrected chi connectivity index (χ0v) is 14.9. The number of aryl methyl sites for hydroxylation is 3. The number of thiophene rings is 1. The number of ether oxygens (including phenoxy) is 2. The summed E-state index contributed by atoms with van der Waals surface area (Å²) in [6, 6.07) is 7.80. The summed E-state index contributed by atoms with van der Waals surface area (Å²) in [4.78, 5) is 11.9. The highest BCUT2D eigenvalue weighted by atomic mass is 32.1. The molecule has 6 heteroatoms. The molecule has 1 atom stereocenters. The lowest BCUT2D eigenvalue weighted by molar-refractivity contribution is 0.0997. The summed E-state index contributed by atoms with van der Waals surface area (Å²) in [5, 5.41) is 4.70. The summed E-state index contributed by atoms with van der Waals surface area (Å²) >= 11 is 1.82. The maximum absolute atomic E-state index is 6.04. The number of nitrogens with one attached hydrogen (secondary N) is 1. The molecule has 1 aromatic carbocycles. The third-order valence-corrected chi connectivity index (χ3v) is 5.93. The molecule has 1 aliphatic heterocycles. The average molecular weight is 353 g/mol. The van der Waals surface area contributed by atoms with Gasteiger partial charge >= 0.3 is 0 Å². The smallest absolute Gasteiger partial charge is 0.161 e. The second-order valence-corrected chi connectivity index (χ2v) is 7.62. The number of aromatic nitrogens is 2. The standard InChI is InChI=1S/C19H19N3O2S/c1-11-21-18(17-13-5-4-8-16(13)25-19(17)22-11)20-9-12-10-23-14-6-2-3-7-15(14)24-12/h2-3,6-7,12H,4-5,8-10H2,1H3,(H,20,21,22). The first-order chi connectivity index (χ1) is 12.3. The second kappa shape index (κ2) is 5.88. The van der Waals surface area contributed by atoms with E-state index in [1.54, 1.807) is 0 Å². The molecule has 0 spiro atoms. The Kier molecular flexibility index (Phi) is 3.52. The second-order valence-electron chi connectivity index (χ2n) is 6.54. The SMILES string of the molecule is Cc1nc(NCC2COc3ccccc3O2)c2c3c(sc2n1)CCC3. The largest absolute Gasteiger partial charge is 0.486 e. The molecule has 2 aromatic heterocycles. The number of anilines is 1. The van der Waals surface area contributed by atoms with E-state index in [2.05, 4.69) is 15.3 Å². The van der Waals surface area contributed by atoms with E-state index in [1.165, 1.54) is 28.7 Å². The Bertz CT molecular complexity index is 953. The summed E-state index contributed by atoms with van der Waals surface area (Å²) in [6.45, 7) is 3.15. The molecule has 0 saturated heterocycles. The Morgan fingerprint density at radius 2 is 2.08 bits per heavy atom. The maximum atomic E-state index is 6.04. The molecular formula is C19H19N3O2S. The van der Waals surface area contributed by atoms with Gasteiger partial charge in [-0.1, -0.05) is 12.1 Å². The Morgan fingerprint density at radius 3 is 3.00 bits per heavy atom. The molecule has 0 fully saturated rings. The number of hydrogen-bond donors (Lipinski definition) is 1. The van der Waals surface area contributed by atoms with E-state index in [1.807, 2.05) is 42.5 Å². The maximum Gasteiger partial charge on any atom is 0.161 e. The fraction of sp³-hybridized carbons (Fsp3) is 0.368. The van der Waals surface area contributed by atoms with E-state index in [0.717, 1.165) is 34.4 Å². The van der Waals surface area contributed by atoms with E-state index in [4.69, 9.17) is 9.47 Å². The number of benzene rings is 1. The highest BCUT2D eigenvalue weighted by Crippen LogP contribution is 2.39. The third kappa shape index (κ3) is 2.61. The van der Waals surface area contributed by atoms with Gasteiger partial charge in [0, 0.05) is 4.88 Å². The van der Waals surface area contributed by atoms with Crippen molar-refractivity contribution in [2.24, 2.45) is 0 Å². The van der Waals surface area contributed by atoms with Crippen LogP contribution in [-0.4, -0.2) is 29.2 Å². The van der Waals surface area contributed by atoms with Crippen LogP contribution in [-0.2, 0) is 12.8 Å². The van der Waals surface area contributed by atoms with Crippen molar-refractivity contribution in [2.75, 3.05) is 18.5 Å². The molecule has 5 nitrogen and oxygen atoms in total. The van der Waals surface area contributed by atoms with Gasteiger partial charge in [0.25, 0.3) is 0 Å². The van der Waals surface area contributed by atoms with Crippen LogP contribution >= 0.6 is 11.3 Å². The molecule has 3 aromatic rings. The number of rotatable bonds is 3. The van der Waals surface area contributed by atoms with Gasteiger partial charge in [-0.15, -0.1) is 11.3 Å². The molecule has 0 bridgehead atoms. The van der Waals surface area contributed by atoms with E-state index < -0.39 is 0 Å². The molecule has 0 amide bonds. The zero-order chi connectivity index (χ0) is 16.8. The van der Waals surface area contributed by atoms with Crippen LogP contribution in [0.1, 0.15) is 22.7 Å². The van der Waals surface area contributed by atoms with Crippen LogP contribution in [0.5, 0.6) is 11.5 Å². The quantitative estimate of drug-likeness (QED) is 0.777. The molecule has 1 aliphatic carbocycles. The van der Waals surface area contributed by atoms with Crippen LogP contribution in [0.4, 0.5) is 5.82 Å². The summed E-state index contributed by atoms with van der Waals surface area (Å²) in [6.07, 6.45) is 3.51. The Hall–Kier alpha value is -2.34. The molecule has 0 radical (unpaired) electrons. The number of hydrogen-bond acceptors (Lipinski definition) is 6. The van der Waals surface area contributed by atoms with Gasteiger partial charge in [-0.05, 0) is 43.9 Å². The Morgan fingerprint density at radius 1 is 1.20 bits per heavy atom. The van der Waals surface area contributed by atoms with Crippen LogP contribution in [0, 0.1) is 6.92 Å². The van der Waals surface area contributed by atoms with Crippen LogP contribution in [0.2, 0.25) is 0 Å². The van der Waals surface area contributed by atoms with E-state index in [0.29, 0.717) is 13.2 Å². The molecular weight excluding hydrogens is 334 g/mol. The van der Waals surface area contributed by atoms with Crippen molar-refractivity contribution in [1.82, 2.24) is 9.97 Å². The van der Waals surface area contributed by atoms with E-state index in [-0.39, 0.29) is 6.10 Å². The highest BCUT2D eigenvalue weighted by Gasteiger charge is 2.24. The minimum Gasteiger partial charge on any atom is -0.486 e. The van der Waals surface area contributed by atoms with Gasteiger partial charge in [0.1, 0.15) is 29.2 Å². The minimum absolute atomic E-state index is 0.0353. The Labute approximate surface area is 150 Å². The van der Waals surface area contributed by atoms with Crippen molar-refractivity contribution < 1.29 is 9.47 Å². The summed E-state index contributed by atoms with van der Waals surface area (Å²) < 4.78 is 11.8. The fourth-order valence-corrected chi connectivity index (χ4v) is 4.91. The number of para-hydroxylation sites is 2. The number of nitrogens with zero attached hydrogens (tertiary/aromatic N) is 2. The van der Waals surface area contributed by atoms with Crippen molar-refractivity contribution >= 4 is 27.4 Å². The zero-order valence-electron chi connectivity index (χ0n) is 14.0. The van der Waals surface area contributed by atoms with Gasteiger partial charge in [-0.25, -0.2) is 9.97 Å². The van der Waals surface area contributed by atoms with Crippen LogP contribution < -0.4 is 14.8 Å². The van der Waals surface area contributed by atoms with Crippen molar-refractivity contribution in [3.8, 4) is 11.5 Å². The van der Waals surface area contributed by atoms with Gasteiger partial charge in [-0.3, -0.25) is 0 Å². The van der Waals surface area contributed by atoms with E-state index in [9.17, 15) is 0 Å². The molecule has 128 valence electrons. The normalized spacial score (nSPS) is 18.4. The summed E-state index contributed by atoms with van der Waals surface area (Å²) in [7, 11) is 0. The topological polar surface area (TPSA) is 56.3 Å². The highest BCUT2D eigenvalue weighted by molar-refractivity contribution is 7.19. The molecule has 5 rings (SSSR count). The van der Waals surface area contributed by atoms with Crippen molar-refractivity contribution in [2.45, 2.75) is 32.3 Å². The summed E-state index contributed by atoms with van der Waals surface area (Å²) in [5.41, 5.74) is 1.44. The number of fused-ring (bicyclic) bond motifs is 4. The molecule has 1 unspecified atom stereocenters. The Balaban J connectivity index is 1.40. The summed E-state index contributed by atoms with van der Waals surface area (Å²) in [5.74, 6) is 3.36. The van der Waals surface area contributed by atoms with E-state index >= 15 is 0 Å². The average Bonchev–Trinajstić information content (AvgIpc) is 3.20. The predicted octanol–water partition coefficient (Wildman–Crippen LogP) is 3.74. The molecule has 2 aliphatic rings. The monoisotopic (exact) mass is 353 g/mol. The van der Waals surface area contributed by atoms with Crippen molar-refractivity contribution in [3.63, 3.8) is 0 Å². The molecule has 3 heterocycles.